The average molecular weight is 310 g/mol. The largest absolute Gasteiger partial charge is 0.481 e. The topological polar surface area (TPSA) is 71.4 Å². The van der Waals surface area contributed by atoms with E-state index in [0.29, 0.717) is 17.9 Å². The lowest BCUT2D eigenvalue weighted by Gasteiger charge is -2.24. The van der Waals surface area contributed by atoms with E-state index in [-0.39, 0.29) is 4.90 Å². The second-order valence-corrected chi connectivity index (χ2v) is 7.99. The van der Waals surface area contributed by atoms with Crippen LogP contribution < -0.4 is 0 Å². The second-order valence-electron chi connectivity index (χ2n) is 5.97. The maximum Gasteiger partial charge on any atom is 0.310 e. The van der Waals surface area contributed by atoms with Gasteiger partial charge in [0.1, 0.15) is 0 Å². The van der Waals surface area contributed by atoms with Crippen molar-refractivity contribution in [3.63, 3.8) is 0 Å². The molecule has 0 amide bonds. The van der Waals surface area contributed by atoms with Crippen molar-refractivity contribution in [2.45, 2.75) is 49.3 Å². The standard InChI is InChI=1S/C16H22O4S/c1-21(19,20)14-9-7-13(8-10-14)15(16(17)18)11-12-5-3-2-4-6-12/h7-10,12,15H,2-6,11H2,1H3,(H,17,18)/t15-/m1/s1. The Labute approximate surface area is 126 Å². The van der Waals surface area contributed by atoms with Gasteiger partial charge in [-0.1, -0.05) is 44.2 Å². The van der Waals surface area contributed by atoms with E-state index < -0.39 is 21.7 Å². The summed E-state index contributed by atoms with van der Waals surface area (Å²) >= 11 is 0. The second kappa shape index (κ2) is 6.60. The molecular weight excluding hydrogens is 288 g/mol. The van der Waals surface area contributed by atoms with Crippen LogP contribution in [0.4, 0.5) is 0 Å². The number of hydrogen-bond donors (Lipinski definition) is 1. The number of carbonyl (C=O) groups is 1. The van der Waals surface area contributed by atoms with Crippen LogP contribution in [0.2, 0.25) is 0 Å². The first-order chi connectivity index (χ1) is 9.88. The normalized spacial score (nSPS) is 18.3. The van der Waals surface area contributed by atoms with Gasteiger partial charge >= 0.3 is 5.97 Å². The zero-order valence-corrected chi connectivity index (χ0v) is 13.1. The fourth-order valence-electron chi connectivity index (χ4n) is 3.08. The molecule has 21 heavy (non-hydrogen) atoms. The number of sulfone groups is 1. The molecule has 1 aliphatic rings. The minimum Gasteiger partial charge on any atom is -0.481 e. The SMILES string of the molecule is CS(=O)(=O)c1ccc([C@@H](CC2CCCCC2)C(=O)O)cc1. The van der Waals surface area contributed by atoms with Gasteiger partial charge in [-0.05, 0) is 30.0 Å². The first-order valence-corrected chi connectivity index (χ1v) is 9.30. The third kappa shape index (κ3) is 4.30. The summed E-state index contributed by atoms with van der Waals surface area (Å²) in [5, 5.41) is 9.47. The molecule has 0 radical (unpaired) electrons. The molecule has 0 saturated heterocycles. The first kappa shape index (κ1) is 16.0. The molecule has 116 valence electrons. The van der Waals surface area contributed by atoms with Gasteiger partial charge in [-0.3, -0.25) is 4.79 Å². The summed E-state index contributed by atoms with van der Waals surface area (Å²) in [6, 6.07) is 6.28. The Hall–Kier alpha value is -1.36. The molecule has 1 aromatic carbocycles. The number of benzene rings is 1. The Morgan fingerprint density at radius 1 is 1.19 bits per heavy atom. The maximum absolute atomic E-state index is 11.5. The summed E-state index contributed by atoms with van der Waals surface area (Å²) in [5.41, 5.74) is 0.695. The Morgan fingerprint density at radius 2 is 1.76 bits per heavy atom. The molecule has 4 nitrogen and oxygen atoms in total. The van der Waals surface area contributed by atoms with Crippen molar-refractivity contribution < 1.29 is 18.3 Å². The van der Waals surface area contributed by atoms with Crippen molar-refractivity contribution in [2.75, 3.05) is 6.26 Å². The summed E-state index contributed by atoms with van der Waals surface area (Å²) in [5.74, 6) is -0.899. The monoisotopic (exact) mass is 310 g/mol. The van der Waals surface area contributed by atoms with Gasteiger partial charge in [0.05, 0.1) is 10.8 Å². The van der Waals surface area contributed by atoms with Crippen LogP contribution in [-0.4, -0.2) is 25.7 Å². The van der Waals surface area contributed by atoms with E-state index in [0.717, 1.165) is 19.1 Å². The van der Waals surface area contributed by atoms with E-state index in [1.165, 1.54) is 31.4 Å². The zero-order chi connectivity index (χ0) is 15.5. The van der Waals surface area contributed by atoms with Gasteiger partial charge in [0.15, 0.2) is 9.84 Å². The molecule has 1 N–H and O–H groups in total. The average Bonchev–Trinajstić information content (AvgIpc) is 2.45. The minimum atomic E-state index is -3.24. The first-order valence-electron chi connectivity index (χ1n) is 7.41. The lowest BCUT2D eigenvalue weighted by atomic mass is 9.80. The van der Waals surface area contributed by atoms with Gasteiger partial charge in [-0.25, -0.2) is 8.42 Å². The molecule has 5 heteroatoms. The number of hydrogen-bond acceptors (Lipinski definition) is 3. The van der Waals surface area contributed by atoms with Crippen molar-refractivity contribution in [2.24, 2.45) is 5.92 Å². The number of carboxylic acids is 1. The van der Waals surface area contributed by atoms with Gasteiger partial charge < -0.3 is 5.11 Å². The van der Waals surface area contributed by atoms with E-state index in [1.54, 1.807) is 12.1 Å². The smallest absolute Gasteiger partial charge is 0.310 e. The third-order valence-electron chi connectivity index (χ3n) is 4.30. The van der Waals surface area contributed by atoms with E-state index in [9.17, 15) is 18.3 Å². The summed E-state index contributed by atoms with van der Waals surface area (Å²) in [7, 11) is -3.24. The predicted molar refractivity (Wildman–Crippen MR) is 81.1 cm³/mol. The summed E-state index contributed by atoms with van der Waals surface area (Å²) < 4.78 is 22.9. The maximum atomic E-state index is 11.5. The molecule has 1 aromatic rings. The molecule has 1 fully saturated rings. The summed E-state index contributed by atoms with van der Waals surface area (Å²) in [6.07, 6.45) is 7.62. The van der Waals surface area contributed by atoms with Crippen molar-refractivity contribution in [3.05, 3.63) is 29.8 Å². The Bertz CT molecular complexity index is 583. The summed E-state index contributed by atoms with van der Waals surface area (Å²) in [4.78, 5) is 11.8. The van der Waals surface area contributed by atoms with Crippen LogP contribution in [0.15, 0.2) is 29.2 Å². The van der Waals surface area contributed by atoms with Crippen LogP contribution >= 0.6 is 0 Å². The van der Waals surface area contributed by atoms with E-state index >= 15 is 0 Å². The van der Waals surface area contributed by atoms with Gasteiger partial charge in [0.25, 0.3) is 0 Å². The summed E-state index contributed by atoms with van der Waals surface area (Å²) in [6.45, 7) is 0. The molecule has 0 heterocycles. The third-order valence-corrected chi connectivity index (χ3v) is 5.43. The number of carboxylic acid groups (broad SMARTS) is 1. The minimum absolute atomic E-state index is 0.230. The highest BCUT2D eigenvalue weighted by atomic mass is 32.2. The molecule has 1 saturated carbocycles. The highest BCUT2D eigenvalue weighted by molar-refractivity contribution is 7.90. The number of aliphatic carboxylic acids is 1. The van der Waals surface area contributed by atoms with Crippen LogP contribution in [-0.2, 0) is 14.6 Å². The van der Waals surface area contributed by atoms with Crippen LogP contribution in [0.25, 0.3) is 0 Å². The zero-order valence-electron chi connectivity index (χ0n) is 12.3. The molecule has 0 aliphatic heterocycles. The lowest BCUT2D eigenvalue weighted by Crippen LogP contribution is -2.18. The fourth-order valence-corrected chi connectivity index (χ4v) is 3.71. The number of rotatable bonds is 5. The van der Waals surface area contributed by atoms with E-state index in [2.05, 4.69) is 0 Å². The van der Waals surface area contributed by atoms with Crippen LogP contribution in [0.3, 0.4) is 0 Å². The van der Waals surface area contributed by atoms with Gasteiger partial charge in [-0.2, -0.15) is 0 Å². The molecular formula is C16H22O4S. The van der Waals surface area contributed by atoms with Crippen LogP contribution in [0.5, 0.6) is 0 Å². The fraction of sp³-hybridized carbons (Fsp3) is 0.562. The predicted octanol–water partition coefficient (Wildman–Crippen LogP) is 3.23. The van der Waals surface area contributed by atoms with Crippen molar-refractivity contribution in [1.82, 2.24) is 0 Å². The van der Waals surface area contributed by atoms with Crippen molar-refractivity contribution >= 4 is 15.8 Å². The molecule has 0 spiro atoms. The molecule has 0 aromatic heterocycles. The molecule has 0 bridgehead atoms. The Morgan fingerprint density at radius 3 is 2.24 bits per heavy atom. The Kier molecular flexibility index (Phi) is 5.04. The van der Waals surface area contributed by atoms with Gasteiger partial charge in [0, 0.05) is 6.26 Å². The van der Waals surface area contributed by atoms with E-state index in [1.807, 2.05) is 0 Å². The quantitative estimate of drug-likeness (QED) is 0.906. The molecule has 1 atom stereocenters. The lowest BCUT2D eigenvalue weighted by molar-refractivity contribution is -0.139. The molecule has 1 aliphatic carbocycles. The molecule has 0 unspecified atom stereocenters. The van der Waals surface area contributed by atoms with Crippen molar-refractivity contribution in [1.29, 1.82) is 0 Å². The van der Waals surface area contributed by atoms with Crippen LogP contribution in [0, 0.1) is 5.92 Å². The van der Waals surface area contributed by atoms with Gasteiger partial charge in [0.2, 0.25) is 0 Å². The van der Waals surface area contributed by atoms with E-state index in [4.69, 9.17) is 0 Å². The Balaban J connectivity index is 2.16. The highest BCUT2D eigenvalue weighted by Crippen LogP contribution is 2.33. The highest BCUT2D eigenvalue weighted by Gasteiger charge is 2.25. The van der Waals surface area contributed by atoms with Gasteiger partial charge in [-0.15, -0.1) is 0 Å². The molecule has 2 rings (SSSR count). The van der Waals surface area contributed by atoms with Crippen molar-refractivity contribution in [3.8, 4) is 0 Å². The van der Waals surface area contributed by atoms with Crippen LogP contribution in [0.1, 0.15) is 50.0 Å².